The second-order valence-corrected chi connectivity index (χ2v) is 9.84. The van der Waals surface area contributed by atoms with Gasteiger partial charge in [-0.15, -0.1) is 5.10 Å². The van der Waals surface area contributed by atoms with Crippen molar-refractivity contribution in [3.05, 3.63) is 64.1 Å². The van der Waals surface area contributed by atoms with E-state index in [-0.39, 0.29) is 17.3 Å². The van der Waals surface area contributed by atoms with E-state index in [1.807, 2.05) is 26.0 Å². The maximum absolute atomic E-state index is 15.0. The van der Waals surface area contributed by atoms with E-state index < -0.39 is 35.4 Å². The molecule has 1 fully saturated rings. The molecule has 0 radical (unpaired) electrons. The highest BCUT2D eigenvalue weighted by atomic mass is 19.3. The zero-order valence-electron chi connectivity index (χ0n) is 20.4. The van der Waals surface area contributed by atoms with E-state index >= 15 is 4.39 Å². The SMILES string of the molecule is Cc1nnc(N[C@H](C)c2cccc(C(F)(F)CO)c2F)c2cc3c(cc12)C1(CCOCC1)C(=O)C3C. The van der Waals surface area contributed by atoms with E-state index in [9.17, 15) is 13.6 Å². The number of aromatic nitrogens is 2. The molecule has 5 rings (SSSR count). The predicted octanol–water partition coefficient (Wildman–Crippen LogP) is 5.07. The molecular formula is C27H28F3N3O3. The number of aryl methyl sites for hydroxylation is 1. The lowest BCUT2D eigenvalue weighted by Gasteiger charge is -2.33. The number of fused-ring (bicyclic) bond motifs is 3. The average Bonchev–Trinajstić information content (AvgIpc) is 3.06. The Bertz CT molecular complexity index is 1360. The monoisotopic (exact) mass is 499 g/mol. The van der Waals surface area contributed by atoms with E-state index in [1.165, 1.54) is 12.1 Å². The number of carbonyl (C=O) groups excluding carboxylic acids is 1. The molecule has 9 heteroatoms. The minimum Gasteiger partial charge on any atom is -0.390 e. The van der Waals surface area contributed by atoms with Gasteiger partial charge in [-0.2, -0.15) is 13.9 Å². The number of Topliss-reactive ketones (excluding diaryl/α,β-unsaturated/α-hetero) is 1. The summed E-state index contributed by atoms with van der Waals surface area (Å²) in [7, 11) is 0. The van der Waals surface area contributed by atoms with E-state index in [4.69, 9.17) is 9.84 Å². The molecule has 0 amide bonds. The van der Waals surface area contributed by atoms with Gasteiger partial charge in [0, 0.05) is 35.5 Å². The van der Waals surface area contributed by atoms with Crippen LogP contribution < -0.4 is 5.32 Å². The van der Waals surface area contributed by atoms with Crippen LogP contribution in [-0.4, -0.2) is 40.9 Å². The van der Waals surface area contributed by atoms with Crippen LogP contribution in [0.5, 0.6) is 0 Å². The van der Waals surface area contributed by atoms with Crippen molar-refractivity contribution in [2.45, 2.75) is 56.9 Å². The molecule has 2 aliphatic rings. The van der Waals surface area contributed by atoms with E-state index in [1.54, 1.807) is 6.92 Å². The first-order chi connectivity index (χ1) is 17.1. The minimum absolute atomic E-state index is 0.0158. The largest absolute Gasteiger partial charge is 0.390 e. The number of ketones is 1. The lowest BCUT2D eigenvalue weighted by atomic mass is 9.74. The van der Waals surface area contributed by atoms with Crippen molar-refractivity contribution in [2.75, 3.05) is 25.1 Å². The molecule has 1 aromatic heterocycles. The van der Waals surface area contributed by atoms with Gasteiger partial charge >= 0.3 is 0 Å². The standard InChI is InChI=1S/C27H28F3N3O3/c1-14-18-11-20-19(12-22(18)26(24(14)35)7-9-36-10-8-26)16(3)32-33-25(20)31-15(2)17-5-4-6-21(23(17)28)27(29,30)13-34/h4-6,11-12,14-15,34H,7-10,13H2,1-3H3,(H,31,33)/t14?,15-/m1/s1. The summed E-state index contributed by atoms with van der Waals surface area (Å²) in [5.41, 5.74) is 1.24. The van der Waals surface area contributed by atoms with Gasteiger partial charge in [-0.1, -0.05) is 19.1 Å². The Hall–Kier alpha value is -3.04. The Balaban J connectivity index is 1.58. The van der Waals surface area contributed by atoms with Crippen LogP contribution in [-0.2, 0) is 20.9 Å². The summed E-state index contributed by atoms with van der Waals surface area (Å²) in [4.78, 5) is 13.4. The first kappa shape index (κ1) is 24.6. The van der Waals surface area contributed by atoms with Crippen molar-refractivity contribution in [2.24, 2.45) is 0 Å². The number of rotatable bonds is 5. The van der Waals surface area contributed by atoms with Crippen LogP contribution in [0.4, 0.5) is 19.0 Å². The topological polar surface area (TPSA) is 84.3 Å². The molecule has 2 aromatic carbocycles. The third-order valence-electron chi connectivity index (χ3n) is 7.77. The maximum Gasteiger partial charge on any atom is 0.298 e. The number of aliphatic hydroxyl groups is 1. The number of halogens is 3. The normalized spacial score (nSPS) is 20.1. The highest BCUT2D eigenvalue weighted by Crippen LogP contribution is 2.50. The average molecular weight is 500 g/mol. The molecule has 2 heterocycles. The number of aliphatic hydroxyl groups excluding tert-OH is 1. The number of alkyl halides is 2. The molecule has 0 saturated carbocycles. The molecular weight excluding hydrogens is 471 g/mol. The number of benzene rings is 2. The first-order valence-electron chi connectivity index (χ1n) is 12.1. The molecule has 1 spiro atoms. The van der Waals surface area contributed by atoms with Gasteiger partial charge < -0.3 is 15.2 Å². The molecule has 2 atom stereocenters. The van der Waals surface area contributed by atoms with Gasteiger partial charge in [-0.25, -0.2) is 4.39 Å². The smallest absolute Gasteiger partial charge is 0.298 e. The summed E-state index contributed by atoms with van der Waals surface area (Å²) in [6.07, 6.45) is 1.28. The molecule has 2 N–H and O–H groups in total. The van der Waals surface area contributed by atoms with Crippen molar-refractivity contribution in [3.63, 3.8) is 0 Å². The zero-order valence-corrected chi connectivity index (χ0v) is 20.4. The van der Waals surface area contributed by atoms with Crippen molar-refractivity contribution >= 4 is 22.4 Å². The van der Waals surface area contributed by atoms with Gasteiger partial charge in [0.05, 0.1) is 22.7 Å². The van der Waals surface area contributed by atoms with E-state index in [2.05, 4.69) is 15.5 Å². The summed E-state index contributed by atoms with van der Waals surface area (Å²) >= 11 is 0. The van der Waals surface area contributed by atoms with Crippen molar-refractivity contribution < 1.29 is 27.8 Å². The Morgan fingerprint density at radius 3 is 2.64 bits per heavy atom. The second-order valence-electron chi connectivity index (χ2n) is 9.84. The molecule has 3 aromatic rings. The molecule has 1 aliphatic heterocycles. The Morgan fingerprint density at radius 2 is 1.94 bits per heavy atom. The number of nitrogens with one attached hydrogen (secondary N) is 1. The summed E-state index contributed by atoms with van der Waals surface area (Å²) in [5.74, 6) is -4.49. The van der Waals surface area contributed by atoms with Crippen LogP contribution in [0.25, 0.3) is 10.8 Å². The third kappa shape index (κ3) is 3.67. The highest BCUT2D eigenvalue weighted by molar-refractivity contribution is 6.04. The van der Waals surface area contributed by atoms with Crippen LogP contribution in [0.15, 0.2) is 30.3 Å². The molecule has 1 aliphatic carbocycles. The molecule has 1 unspecified atom stereocenters. The van der Waals surface area contributed by atoms with Gasteiger partial charge in [-0.3, -0.25) is 4.79 Å². The second kappa shape index (κ2) is 8.81. The van der Waals surface area contributed by atoms with Gasteiger partial charge in [-0.05, 0) is 56.0 Å². The van der Waals surface area contributed by atoms with Crippen molar-refractivity contribution in [3.8, 4) is 0 Å². The number of hydrogen-bond acceptors (Lipinski definition) is 6. The van der Waals surface area contributed by atoms with Crippen LogP contribution >= 0.6 is 0 Å². The maximum atomic E-state index is 15.0. The predicted molar refractivity (Wildman–Crippen MR) is 129 cm³/mol. The Morgan fingerprint density at radius 1 is 1.22 bits per heavy atom. The Labute approximate surface area is 206 Å². The fraction of sp³-hybridized carbons (Fsp3) is 0.444. The van der Waals surface area contributed by atoms with Gasteiger partial charge in [0.25, 0.3) is 5.92 Å². The van der Waals surface area contributed by atoms with Crippen molar-refractivity contribution in [1.82, 2.24) is 10.2 Å². The molecule has 0 bridgehead atoms. The van der Waals surface area contributed by atoms with Crippen molar-refractivity contribution in [1.29, 1.82) is 0 Å². The quantitative estimate of drug-likeness (QED) is 0.510. The summed E-state index contributed by atoms with van der Waals surface area (Å²) in [5, 5.41) is 22.3. The van der Waals surface area contributed by atoms with Gasteiger partial charge in [0.2, 0.25) is 0 Å². The van der Waals surface area contributed by atoms with Gasteiger partial charge in [0.15, 0.2) is 11.6 Å². The lowest BCUT2D eigenvalue weighted by Crippen LogP contribution is -2.38. The fourth-order valence-corrected chi connectivity index (χ4v) is 5.68. The molecule has 1 saturated heterocycles. The van der Waals surface area contributed by atoms with Crippen LogP contribution in [0, 0.1) is 12.7 Å². The third-order valence-corrected chi connectivity index (χ3v) is 7.77. The number of ether oxygens (including phenoxy) is 1. The molecule has 190 valence electrons. The summed E-state index contributed by atoms with van der Waals surface area (Å²) in [6.45, 7) is 4.98. The minimum atomic E-state index is -3.69. The van der Waals surface area contributed by atoms with Crippen LogP contribution in [0.3, 0.4) is 0 Å². The van der Waals surface area contributed by atoms with Crippen LogP contribution in [0.1, 0.15) is 66.6 Å². The molecule has 36 heavy (non-hydrogen) atoms. The number of carbonyl (C=O) groups is 1. The highest BCUT2D eigenvalue weighted by Gasteiger charge is 2.50. The molecule has 6 nitrogen and oxygen atoms in total. The first-order valence-corrected chi connectivity index (χ1v) is 12.1. The van der Waals surface area contributed by atoms with Crippen LogP contribution in [0.2, 0.25) is 0 Å². The van der Waals surface area contributed by atoms with E-state index in [0.29, 0.717) is 37.6 Å². The number of nitrogens with zero attached hydrogens (tertiary/aromatic N) is 2. The fourth-order valence-electron chi connectivity index (χ4n) is 5.68. The Kier molecular flexibility index (Phi) is 6.03. The lowest BCUT2D eigenvalue weighted by molar-refractivity contribution is -0.127. The zero-order chi connectivity index (χ0) is 25.8. The number of anilines is 1. The van der Waals surface area contributed by atoms with Gasteiger partial charge in [0.1, 0.15) is 12.4 Å². The summed E-state index contributed by atoms with van der Waals surface area (Å²) < 4.78 is 48.7. The van der Waals surface area contributed by atoms with E-state index in [0.717, 1.165) is 28.0 Å². The number of hydrogen-bond donors (Lipinski definition) is 2. The summed E-state index contributed by atoms with van der Waals surface area (Å²) in [6, 6.07) is 6.98.